The number of nitrogens with one attached hydrogen (secondary N) is 1. The normalized spacial score (nSPS) is 15.6. The highest BCUT2D eigenvalue weighted by molar-refractivity contribution is 7.89. The van der Waals surface area contributed by atoms with Gasteiger partial charge in [0.05, 0.1) is 17.1 Å². The Morgan fingerprint density at radius 2 is 1.68 bits per heavy atom. The van der Waals surface area contributed by atoms with Gasteiger partial charge >= 0.3 is 0 Å². The van der Waals surface area contributed by atoms with E-state index >= 15 is 0 Å². The summed E-state index contributed by atoms with van der Waals surface area (Å²) in [5.41, 5.74) is 1.44. The predicted octanol–water partition coefficient (Wildman–Crippen LogP) is 1.13. The van der Waals surface area contributed by atoms with Crippen molar-refractivity contribution in [2.45, 2.75) is 18.4 Å². The molecular formula is C20H23N7O3S. The number of para-hydroxylation sites is 1. The van der Waals surface area contributed by atoms with Gasteiger partial charge in [0, 0.05) is 38.8 Å². The third kappa shape index (κ3) is 4.79. The Hall–Kier alpha value is -3.15. The second-order valence-electron chi connectivity index (χ2n) is 7.23. The van der Waals surface area contributed by atoms with Gasteiger partial charge in [-0.3, -0.25) is 9.69 Å². The van der Waals surface area contributed by atoms with Gasteiger partial charge in [0.1, 0.15) is 0 Å². The van der Waals surface area contributed by atoms with Crippen molar-refractivity contribution in [1.29, 1.82) is 0 Å². The molecule has 3 aromatic rings. The van der Waals surface area contributed by atoms with Crippen LogP contribution >= 0.6 is 0 Å². The molecule has 0 atom stereocenters. The molecule has 0 unspecified atom stereocenters. The van der Waals surface area contributed by atoms with E-state index in [0.29, 0.717) is 44.2 Å². The minimum atomic E-state index is -3.60. The first-order valence-corrected chi connectivity index (χ1v) is 11.3. The summed E-state index contributed by atoms with van der Waals surface area (Å²) >= 11 is 0. The Morgan fingerprint density at radius 3 is 2.32 bits per heavy atom. The number of hydrogen-bond acceptors (Lipinski definition) is 7. The van der Waals surface area contributed by atoms with Crippen molar-refractivity contribution in [3.8, 4) is 5.69 Å². The van der Waals surface area contributed by atoms with Gasteiger partial charge in [0.25, 0.3) is 0 Å². The fraction of sp³-hybridized carbons (Fsp3) is 0.300. The number of sulfonamides is 1. The Bertz CT molecular complexity index is 1140. The maximum Gasteiger partial charge on any atom is 0.243 e. The van der Waals surface area contributed by atoms with Crippen LogP contribution in [0.5, 0.6) is 0 Å². The van der Waals surface area contributed by atoms with Crippen molar-refractivity contribution in [3.05, 3.63) is 60.4 Å². The SMILES string of the molecule is CC(=O)Nc1ccc(S(=O)(=O)N2CCN(Cc3nnnn3-c3ccccc3)CC2)cc1. The summed E-state index contributed by atoms with van der Waals surface area (Å²) in [5.74, 6) is 0.501. The van der Waals surface area contributed by atoms with E-state index in [0.717, 1.165) is 5.69 Å². The van der Waals surface area contributed by atoms with Crippen molar-refractivity contribution in [3.63, 3.8) is 0 Å². The van der Waals surface area contributed by atoms with Crippen LogP contribution in [0, 0.1) is 0 Å². The van der Waals surface area contributed by atoms with Gasteiger partial charge in [0.15, 0.2) is 5.82 Å². The van der Waals surface area contributed by atoms with Crippen molar-refractivity contribution in [1.82, 2.24) is 29.4 Å². The van der Waals surface area contributed by atoms with Crippen molar-refractivity contribution >= 4 is 21.6 Å². The first-order chi connectivity index (χ1) is 14.9. The van der Waals surface area contributed by atoms with Gasteiger partial charge < -0.3 is 5.32 Å². The van der Waals surface area contributed by atoms with Crippen LogP contribution in [0.25, 0.3) is 5.69 Å². The highest BCUT2D eigenvalue weighted by Crippen LogP contribution is 2.20. The maximum absolute atomic E-state index is 13.0. The highest BCUT2D eigenvalue weighted by Gasteiger charge is 2.29. The molecule has 10 nitrogen and oxygen atoms in total. The number of amides is 1. The van der Waals surface area contributed by atoms with E-state index in [9.17, 15) is 13.2 Å². The van der Waals surface area contributed by atoms with E-state index < -0.39 is 10.0 Å². The molecule has 1 aliphatic rings. The standard InChI is InChI=1S/C20H23N7O3S/c1-16(28)21-17-7-9-19(10-8-17)31(29,30)26-13-11-25(12-14-26)15-20-22-23-24-27(20)18-5-3-2-4-6-18/h2-10H,11-15H2,1H3,(H,21,28). The molecule has 1 N–H and O–H groups in total. The van der Waals surface area contributed by atoms with Crippen molar-refractivity contribution in [2.75, 3.05) is 31.5 Å². The van der Waals surface area contributed by atoms with Gasteiger partial charge in [-0.15, -0.1) is 5.10 Å². The Labute approximate surface area is 180 Å². The molecule has 0 bridgehead atoms. The van der Waals surface area contributed by atoms with Crippen LogP contribution in [0.2, 0.25) is 0 Å². The number of carbonyl (C=O) groups is 1. The van der Waals surface area contributed by atoms with E-state index in [-0.39, 0.29) is 10.8 Å². The molecule has 1 aliphatic heterocycles. The third-order valence-corrected chi connectivity index (χ3v) is 6.96. The number of anilines is 1. The largest absolute Gasteiger partial charge is 0.326 e. The molecule has 0 saturated carbocycles. The van der Waals surface area contributed by atoms with Crippen molar-refractivity contribution < 1.29 is 13.2 Å². The zero-order chi connectivity index (χ0) is 21.8. The quantitative estimate of drug-likeness (QED) is 0.610. The molecule has 0 spiro atoms. The molecular weight excluding hydrogens is 418 g/mol. The summed E-state index contributed by atoms with van der Waals surface area (Å²) in [6.45, 7) is 3.84. The summed E-state index contributed by atoms with van der Waals surface area (Å²) in [6.07, 6.45) is 0. The minimum Gasteiger partial charge on any atom is -0.326 e. The van der Waals surface area contributed by atoms with E-state index in [1.807, 2.05) is 30.3 Å². The second kappa shape index (κ2) is 8.92. The lowest BCUT2D eigenvalue weighted by Crippen LogP contribution is -2.48. The Kier molecular flexibility index (Phi) is 6.07. The molecule has 2 aromatic carbocycles. The zero-order valence-electron chi connectivity index (χ0n) is 17.0. The lowest BCUT2D eigenvalue weighted by atomic mass is 10.3. The van der Waals surface area contributed by atoms with Gasteiger partial charge in [-0.05, 0) is 46.8 Å². The van der Waals surface area contributed by atoms with Crippen LogP contribution in [-0.4, -0.2) is 69.9 Å². The van der Waals surface area contributed by atoms with Crippen LogP contribution in [0.1, 0.15) is 12.7 Å². The molecule has 2 heterocycles. The molecule has 11 heteroatoms. The first kappa shape index (κ1) is 21.1. The molecule has 1 saturated heterocycles. The topological polar surface area (TPSA) is 113 Å². The van der Waals surface area contributed by atoms with E-state index in [4.69, 9.17) is 0 Å². The van der Waals surface area contributed by atoms with Crippen LogP contribution < -0.4 is 5.32 Å². The van der Waals surface area contributed by atoms with E-state index in [1.165, 1.54) is 23.4 Å². The first-order valence-electron chi connectivity index (χ1n) is 9.86. The number of tetrazole rings is 1. The predicted molar refractivity (Wildman–Crippen MR) is 114 cm³/mol. The fourth-order valence-electron chi connectivity index (χ4n) is 3.46. The Balaban J connectivity index is 1.39. The summed E-state index contributed by atoms with van der Waals surface area (Å²) in [7, 11) is -3.60. The lowest BCUT2D eigenvalue weighted by Gasteiger charge is -2.33. The smallest absolute Gasteiger partial charge is 0.243 e. The van der Waals surface area contributed by atoms with E-state index in [1.54, 1.807) is 16.8 Å². The lowest BCUT2D eigenvalue weighted by molar-refractivity contribution is -0.114. The Morgan fingerprint density at radius 1 is 1.00 bits per heavy atom. The third-order valence-electron chi connectivity index (χ3n) is 5.04. The van der Waals surface area contributed by atoms with Gasteiger partial charge in [-0.2, -0.15) is 8.99 Å². The molecule has 1 aromatic heterocycles. The van der Waals surface area contributed by atoms with Crippen LogP contribution in [-0.2, 0) is 21.4 Å². The number of benzene rings is 2. The molecule has 162 valence electrons. The summed E-state index contributed by atoms with van der Waals surface area (Å²) in [5, 5.41) is 14.6. The monoisotopic (exact) mass is 441 g/mol. The molecule has 0 radical (unpaired) electrons. The van der Waals surface area contributed by atoms with E-state index in [2.05, 4.69) is 25.7 Å². The average Bonchev–Trinajstić information content (AvgIpc) is 3.23. The fourth-order valence-corrected chi connectivity index (χ4v) is 4.89. The number of hydrogen-bond donors (Lipinski definition) is 1. The van der Waals surface area contributed by atoms with Gasteiger partial charge in [0.2, 0.25) is 15.9 Å². The zero-order valence-corrected chi connectivity index (χ0v) is 17.9. The summed E-state index contributed by atoms with van der Waals surface area (Å²) in [6, 6.07) is 15.9. The molecule has 31 heavy (non-hydrogen) atoms. The number of piperazine rings is 1. The number of nitrogens with zero attached hydrogens (tertiary/aromatic N) is 6. The molecule has 4 rings (SSSR count). The average molecular weight is 442 g/mol. The summed E-state index contributed by atoms with van der Waals surface area (Å²) < 4.78 is 29.1. The van der Waals surface area contributed by atoms with Crippen LogP contribution in [0.3, 0.4) is 0 Å². The number of rotatable bonds is 6. The second-order valence-corrected chi connectivity index (χ2v) is 9.17. The summed E-state index contributed by atoms with van der Waals surface area (Å²) in [4.78, 5) is 13.5. The van der Waals surface area contributed by atoms with Gasteiger partial charge in [-0.1, -0.05) is 18.2 Å². The molecule has 0 aliphatic carbocycles. The highest BCUT2D eigenvalue weighted by atomic mass is 32.2. The van der Waals surface area contributed by atoms with Crippen molar-refractivity contribution in [2.24, 2.45) is 0 Å². The minimum absolute atomic E-state index is 0.204. The molecule has 1 fully saturated rings. The molecule has 1 amide bonds. The van der Waals surface area contributed by atoms with Crippen LogP contribution in [0.4, 0.5) is 5.69 Å². The van der Waals surface area contributed by atoms with Crippen LogP contribution in [0.15, 0.2) is 59.5 Å². The maximum atomic E-state index is 13.0. The number of aromatic nitrogens is 4. The van der Waals surface area contributed by atoms with Gasteiger partial charge in [-0.25, -0.2) is 8.42 Å². The number of carbonyl (C=O) groups excluding carboxylic acids is 1.